The summed E-state index contributed by atoms with van der Waals surface area (Å²) in [5, 5.41) is 16.6. The molecule has 7 nitrogen and oxygen atoms in total. The Hall–Kier alpha value is -4.62. The number of nitrogens with zero attached hydrogens (tertiary/aromatic N) is 3. The van der Waals surface area contributed by atoms with Crippen molar-refractivity contribution in [3.05, 3.63) is 114 Å². The molecule has 0 saturated carbocycles. The number of para-hydroxylation sites is 1. The van der Waals surface area contributed by atoms with E-state index < -0.39 is 5.60 Å². The van der Waals surface area contributed by atoms with E-state index >= 15 is 0 Å². The van der Waals surface area contributed by atoms with Gasteiger partial charge in [-0.3, -0.25) is 0 Å². The number of ether oxygens (including phenoxy) is 2. The third-order valence-corrected chi connectivity index (χ3v) is 7.55. The van der Waals surface area contributed by atoms with Gasteiger partial charge in [0.15, 0.2) is 0 Å². The van der Waals surface area contributed by atoms with Gasteiger partial charge in [0.2, 0.25) is 5.95 Å². The Morgan fingerprint density at radius 2 is 1.54 bits per heavy atom. The van der Waals surface area contributed by atoms with Gasteiger partial charge in [0.1, 0.15) is 17.3 Å². The van der Waals surface area contributed by atoms with Crippen molar-refractivity contribution in [2.45, 2.75) is 18.9 Å². The van der Waals surface area contributed by atoms with E-state index in [1.165, 1.54) is 0 Å². The minimum Gasteiger partial charge on any atom is -0.497 e. The average molecular weight is 549 g/mol. The van der Waals surface area contributed by atoms with Crippen molar-refractivity contribution in [2.75, 3.05) is 38.0 Å². The van der Waals surface area contributed by atoms with Crippen molar-refractivity contribution >= 4 is 28.4 Å². The van der Waals surface area contributed by atoms with Crippen molar-refractivity contribution in [1.29, 1.82) is 0 Å². The summed E-state index contributed by atoms with van der Waals surface area (Å²) in [7, 11) is 5.22. The maximum absolute atomic E-state index is 12.2. The Kier molecular flexibility index (Phi) is 8.36. The van der Waals surface area contributed by atoms with Crippen LogP contribution in [0.4, 0.5) is 17.5 Å². The van der Waals surface area contributed by atoms with Crippen LogP contribution in [0.5, 0.6) is 11.5 Å². The molecule has 2 N–H and O–H groups in total. The fraction of sp³-hybridized carbons (Fsp3) is 0.235. The summed E-state index contributed by atoms with van der Waals surface area (Å²) in [6, 6.07) is 33.5. The molecule has 0 saturated heterocycles. The lowest BCUT2D eigenvalue weighted by Gasteiger charge is -2.37. The van der Waals surface area contributed by atoms with E-state index in [1.807, 2.05) is 103 Å². The number of aromatic nitrogens is 2. The molecule has 0 fully saturated rings. The second kappa shape index (κ2) is 12.3. The Balaban J connectivity index is 1.47. The summed E-state index contributed by atoms with van der Waals surface area (Å²) in [6.45, 7) is 2.61. The first-order valence-corrected chi connectivity index (χ1v) is 13.7. The molecule has 5 rings (SSSR count). The van der Waals surface area contributed by atoms with Gasteiger partial charge in [-0.2, -0.15) is 4.98 Å². The maximum atomic E-state index is 12.2. The second-order valence-corrected chi connectivity index (χ2v) is 10.3. The van der Waals surface area contributed by atoms with Crippen LogP contribution in [0.1, 0.15) is 18.1 Å². The highest BCUT2D eigenvalue weighted by molar-refractivity contribution is 5.92. The molecule has 0 radical (unpaired) electrons. The number of anilines is 3. The number of fused-ring (bicyclic) bond motifs is 1. The maximum Gasteiger partial charge on any atom is 0.227 e. The van der Waals surface area contributed by atoms with Gasteiger partial charge < -0.3 is 24.8 Å². The van der Waals surface area contributed by atoms with Gasteiger partial charge in [-0.05, 0) is 35.4 Å². The normalized spacial score (nSPS) is 13.3. The molecule has 210 valence electrons. The summed E-state index contributed by atoms with van der Waals surface area (Å²) < 4.78 is 11.0. The highest BCUT2D eigenvalue weighted by atomic mass is 16.5. The Morgan fingerprint density at radius 3 is 2.24 bits per heavy atom. The third kappa shape index (κ3) is 6.10. The zero-order valence-electron chi connectivity index (χ0n) is 23.9. The molecule has 41 heavy (non-hydrogen) atoms. The topological polar surface area (TPSA) is 79.7 Å². The van der Waals surface area contributed by atoms with Crippen LogP contribution in [0.3, 0.4) is 0 Å². The van der Waals surface area contributed by atoms with Crippen LogP contribution in [-0.4, -0.2) is 42.9 Å². The summed E-state index contributed by atoms with van der Waals surface area (Å²) in [5.74, 6) is 2.42. The fourth-order valence-corrected chi connectivity index (χ4v) is 5.20. The molecule has 4 aromatic carbocycles. The number of hydrogen-bond donors (Lipinski definition) is 2. The highest BCUT2D eigenvalue weighted by Crippen LogP contribution is 2.36. The van der Waals surface area contributed by atoms with Crippen LogP contribution in [0.15, 0.2) is 103 Å². The van der Waals surface area contributed by atoms with E-state index in [0.717, 1.165) is 27.7 Å². The third-order valence-electron chi connectivity index (χ3n) is 7.55. The molecule has 2 atom stereocenters. The average Bonchev–Trinajstić information content (AvgIpc) is 3.02. The summed E-state index contributed by atoms with van der Waals surface area (Å²) >= 11 is 0. The lowest BCUT2D eigenvalue weighted by atomic mass is 9.77. The molecular formula is C34H36N4O3. The van der Waals surface area contributed by atoms with Crippen molar-refractivity contribution in [2.24, 2.45) is 5.92 Å². The van der Waals surface area contributed by atoms with Crippen LogP contribution in [0, 0.1) is 5.92 Å². The number of nitrogens with one attached hydrogen (secondary N) is 1. The number of benzene rings is 4. The fourth-order valence-electron chi connectivity index (χ4n) is 5.20. The van der Waals surface area contributed by atoms with Gasteiger partial charge in [0.25, 0.3) is 0 Å². The highest BCUT2D eigenvalue weighted by Gasteiger charge is 2.36. The minimum absolute atomic E-state index is 0.150. The summed E-state index contributed by atoms with van der Waals surface area (Å²) in [6.07, 6.45) is 0.496. The predicted octanol–water partition coefficient (Wildman–Crippen LogP) is 6.59. The standard InChI is InChI=1S/C34H36N4O3/c1-24(34(39,26-15-9-6-10-16-26)22-25-13-7-5-8-14-25)23-38(2)33-36-29-18-12-11-17-28(29)32(37-33)35-30-20-19-27(40-3)21-31(30)41-4/h5-21,24,39H,22-23H2,1-4H3,(H,35,36,37). The molecule has 0 amide bonds. The number of aliphatic hydroxyl groups is 1. The van der Waals surface area contributed by atoms with Crippen LogP contribution in [0.2, 0.25) is 0 Å². The molecule has 5 aromatic rings. The number of methoxy groups -OCH3 is 2. The van der Waals surface area contributed by atoms with Crippen molar-refractivity contribution in [1.82, 2.24) is 9.97 Å². The largest absolute Gasteiger partial charge is 0.497 e. The van der Waals surface area contributed by atoms with Gasteiger partial charge in [-0.1, -0.05) is 79.7 Å². The van der Waals surface area contributed by atoms with E-state index in [-0.39, 0.29) is 5.92 Å². The van der Waals surface area contributed by atoms with Crippen LogP contribution in [-0.2, 0) is 12.0 Å². The van der Waals surface area contributed by atoms with Crippen molar-refractivity contribution in [3.63, 3.8) is 0 Å². The molecule has 1 aromatic heterocycles. The Labute approximate surface area is 241 Å². The van der Waals surface area contributed by atoms with E-state index in [9.17, 15) is 5.11 Å². The molecule has 2 unspecified atom stereocenters. The zero-order valence-corrected chi connectivity index (χ0v) is 23.9. The summed E-state index contributed by atoms with van der Waals surface area (Å²) in [5.41, 5.74) is 2.45. The second-order valence-electron chi connectivity index (χ2n) is 10.3. The molecule has 0 aliphatic rings. The van der Waals surface area contributed by atoms with Crippen LogP contribution < -0.4 is 19.7 Å². The number of hydrogen-bond acceptors (Lipinski definition) is 7. The van der Waals surface area contributed by atoms with Crippen molar-refractivity contribution in [3.8, 4) is 11.5 Å². The smallest absolute Gasteiger partial charge is 0.227 e. The monoisotopic (exact) mass is 548 g/mol. The van der Waals surface area contributed by atoms with Crippen LogP contribution in [0.25, 0.3) is 10.9 Å². The van der Waals surface area contributed by atoms with E-state index in [1.54, 1.807) is 14.2 Å². The molecule has 0 spiro atoms. The SMILES string of the molecule is COc1ccc(Nc2nc(N(C)CC(C)C(O)(Cc3ccccc3)c3ccccc3)nc3ccccc23)c(OC)c1. The number of rotatable bonds is 11. The first-order valence-electron chi connectivity index (χ1n) is 13.7. The van der Waals surface area contributed by atoms with Gasteiger partial charge >= 0.3 is 0 Å². The molecule has 1 heterocycles. The Bertz CT molecular complexity index is 1600. The predicted molar refractivity (Wildman–Crippen MR) is 165 cm³/mol. The molecular weight excluding hydrogens is 512 g/mol. The van der Waals surface area contributed by atoms with E-state index in [4.69, 9.17) is 19.4 Å². The molecule has 0 aliphatic carbocycles. The molecule has 0 bridgehead atoms. The molecule has 0 aliphatic heterocycles. The summed E-state index contributed by atoms with van der Waals surface area (Å²) in [4.78, 5) is 11.8. The van der Waals surface area contributed by atoms with Gasteiger partial charge in [0, 0.05) is 37.4 Å². The Morgan fingerprint density at radius 1 is 0.854 bits per heavy atom. The first-order chi connectivity index (χ1) is 19.9. The van der Waals surface area contributed by atoms with Crippen molar-refractivity contribution < 1.29 is 14.6 Å². The van der Waals surface area contributed by atoms with E-state index in [2.05, 4.69) is 24.4 Å². The molecule has 7 heteroatoms. The minimum atomic E-state index is -1.09. The lowest BCUT2D eigenvalue weighted by Crippen LogP contribution is -2.42. The van der Waals surface area contributed by atoms with Gasteiger partial charge in [-0.25, -0.2) is 4.98 Å². The van der Waals surface area contributed by atoms with Gasteiger partial charge in [0.05, 0.1) is 31.0 Å². The van der Waals surface area contributed by atoms with Gasteiger partial charge in [-0.15, -0.1) is 0 Å². The lowest BCUT2D eigenvalue weighted by molar-refractivity contribution is -0.0140. The van der Waals surface area contributed by atoms with Crippen LogP contribution >= 0.6 is 0 Å². The first kappa shape index (κ1) is 27.9. The zero-order chi connectivity index (χ0) is 28.8. The quantitative estimate of drug-likeness (QED) is 0.193. The van der Waals surface area contributed by atoms with E-state index in [0.29, 0.717) is 36.2 Å².